The van der Waals surface area contributed by atoms with Gasteiger partial charge in [-0.15, -0.1) is 0 Å². The van der Waals surface area contributed by atoms with Crippen molar-refractivity contribution in [1.82, 2.24) is 9.13 Å². The van der Waals surface area contributed by atoms with Gasteiger partial charge in [0.1, 0.15) is 5.69 Å². The Hall–Kier alpha value is -4.07. The van der Waals surface area contributed by atoms with E-state index >= 15 is 0 Å². The molecule has 0 bridgehead atoms. The fraction of sp³-hybridized carbons (Fsp3) is 0.241. The molecule has 0 aliphatic heterocycles. The smallest absolute Gasteiger partial charge is 0.433 e. The molecule has 0 spiro atoms. The molecule has 4 aromatic rings. The molecule has 4 rings (SSSR count). The quantitative estimate of drug-likeness (QED) is 0.290. The van der Waals surface area contributed by atoms with Gasteiger partial charge in [0.05, 0.1) is 17.8 Å². The molecule has 8 heteroatoms. The minimum atomic E-state index is -4.67. The van der Waals surface area contributed by atoms with E-state index in [2.05, 4.69) is 0 Å². The first-order chi connectivity index (χ1) is 17.7. The zero-order valence-corrected chi connectivity index (χ0v) is 20.3. The third-order valence-electron chi connectivity index (χ3n) is 6.32. The number of carbonyl (C=O) groups is 1. The largest absolute Gasteiger partial charge is 0.478 e. The van der Waals surface area contributed by atoms with Gasteiger partial charge >= 0.3 is 17.8 Å². The van der Waals surface area contributed by atoms with Crippen molar-refractivity contribution in [2.24, 2.45) is 0 Å². The number of alkyl halides is 3. The van der Waals surface area contributed by atoms with Crippen LogP contribution in [0, 0.1) is 0 Å². The molecular formula is C29H27F3N2O3. The lowest BCUT2D eigenvalue weighted by Crippen LogP contribution is -2.28. The first-order valence-corrected chi connectivity index (χ1v) is 12.1. The Morgan fingerprint density at radius 1 is 0.838 bits per heavy atom. The average molecular weight is 509 g/mol. The number of imidazole rings is 1. The molecule has 0 saturated heterocycles. The molecule has 0 aliphatic rings. The molecule has 0 amide bonds. The maximum atomic E-state index is 14.2. The fourth-order valence-electron chi connectivity index (χ4n) is 4.60. The average Bonchev–Trinajstić information content (AvgIpc) is 3.14. The Morgan fingerprint density at radius 3 is 2.11 bits per heavy atom. The van der Waals surface area contributed by atoms with E-state index < -0.39 is 23.5 Å². The van der Waals surface area contributed by atoms with E-state index in [9.17, 15) is 27.9 Å². The van der Waals surface area contributed by atoms with Gasteiger partial charge in [0.25, 0.3) is 0 Å². The summed E-state index contributed by atoms with van der Waals surface area (Å²) in [5, 5.41) is 9.47. The van der Waals surface area contributed by atoms with Crippen LogP contribution in [0.4, 0.5) is 13.2 Å². The SMILES string of the molecule is CCCc1c(C(F)(F)F)n(CCc2ccccc2)c(=O)n1Cc1ccc(-c2ccccc2C(=O)O)cc1. The fourth-order valence-corrected chi connectivity index (χ4v) is 4.60. The van der Waals surface area contributed by atoms with Gasteiger partial charge in [-0.1, -0.05) is 86.1 Å². The summed E-state index contributed by atoms with van der Waals surface area (Å²) in [5.74, 6) is -1.05. The predicted molar refractivity (Wildman–Crippen MR) is 136 cm³/mol. The maximum Gasteiger partial charge on any atom is 0.433 e. The van der Waals surface area contributed by atoms with Crippen LogP contribution in [-0.4, -0.2) is 20.2 Å². The van der Waals surface area contributed by atoms with Crippen LogP contribution in [0.3, 0.4) is 0 Å². The number of carboxylic acid groups (broad SMARTS) is 1. The molecule has 1 N–H and O–H groups in total. The first kappa shape index (κ1) is 26.0. The summed E-state index contributed by atoms with van der Waals surface area (Å²) in [7, 11) is 0. The summed E-state index contributed by atoms with van der Waals surface area (Å²) in [6, 6.07) is 22.6. The Balaban J connectivity index is 1.70. The summed E-state index contributed by atoms with van der Waals surface area (Å²) in [6.07, 6.45) is -3.80. The normalized spacial score (nSPS) is 11.6. The van der Waals surface area contributed by atoms with E-state index in [1.165, 1.54) is 10.6 Å². The third kappa shape index (κ3) is 5.69. The molecule has 0 saturated carbocycles. The summed E-state index contributed by atoms with van der Waals surface area (Å²) >= 11 is 0. The van der Waals surface area contributed by atoms with E-state index in [4.69, 9.17) is 0 Å². The van der Waals surface area contributed by atoms with Crippen LogP contribution in [0.5, 0.6) is 0 Å². The maximum absolute atomic E-state index is 14.2. The Morgan fingerprint density at radius 2 is 1.49 bits per heavy atom. The molecule has 3 aromatic carbocycles. The van der Waals surface area contributed by atoms with Crippen LogP contribution in [0.1, 0.15) is 46.2 Å². The second-order valence-electron chi connectivity index (χ2n) is 8.85. The molecule has 5 nitrogen and oxygen atoms in total. The van der Waals surface area contributed by atoms with Crippen molar-refractivity contribution in [1.29, 1.82) is 0 Å². The molecule has 0 fully saturated rings. The van der Waals surface area contributed by atoms with Gasteiger partial charge in [0.15, 0.2) is 0 Å². The summed E-state index contributed by atoms with van der Waals surface area (Å²) in [6.45, 7) is 1.69. The Bertz CT molecular complexity index is 1440. The molecule has 0 unspecified atom stereocenters. The van der Waals surface area contributed by atoms with Crippen molar-refractivity contribution in [3.8, 4) is 11.1 Å². The Labute approximate surface area is 212 Å². The lowest BCUT2D eigenvalue weighted by molar-refractivity contribution is -0.144. The minimum absolute atomic E-state index is 0.0174. The lowest BCUT2D eigenvalue weighted by atomic mass is 9.99. The van der Waals surface area contributed by atoms with Crippen molar-refractivity contribution in [2.75, 3.05) is 0 Å². The van der Waals surface area contributed by atoms with E-state index in [1.54, 1.807) is 49.4 Å². The number of aryl methyl sites for hydroxylation is 1. The van der Waals surface area contributed by atoms with Crippen LogP contribution < -0.4 is 5.69 Å². The van der Waals surface area contributed by atoms with Crippen LogP contribution in [0.25, 0.3) is 11.1 Å². The third-order valence-corrected chi connectivity index (χ3v) is 6.32. The second-order valence-corrected chi connectivity index (χ2v) is 8.85. The standard InChI is InChI=1S/C29H27F3N2O3/c1-2-8-25-26(29(30,31)32)33(18-17-20-9-4-3-5-10-20)28(37)34(25)19-21-13-15-22(16-14-21)23-11-6-7-12-24(23)27(35)36/h3-7,9-16H,2,8,17-19H2,1H3,(H,35,36). The molecule has 192 valence electrons. The number of aromatic nitrogens is 2. The number of carboxylic acids is 1. The van der Waals surface area contributed by atoms with E-state index in [1.807, 2.05) is 30.3 Å². The van der Waals surface area contributed by atoms with Gasteiger partial charge in [-0.05, 0) is 41.2 Å². The van der Waals surface area contributed by atoms with E-state index in [0.717, 1.165) is 10.1 Å². The summed E-state index contributed by atoms with van der Waals surface area (Å²) < 4.78 is 44.7. The molecule has 0 atom stereocenters. The highest BCUT2D eigenvalue weighted by atomic mass is 19.4. The molecule has 1 aromatic heterocycles. The monoisotopic (exact) mass is 508 g/mol. The number of rotatable bonds is 9. The highest BCUT2D eigenvalue weighted by molar-refractivity contribution is 5.95. The Kier molecular flexibility index (Phi) is 7.66. The van der Waals surface area contributed by atoms with Gasteiger partial charge in [-0.3, -0.25) is 9.13 Å². The van der Waals surface area contributed by atoms with Gasteiger partial charge in [0, 0.05) is 6.54 Å². The van der Waals surface area contributed by atoms with Crippen LogP contribution >= 0.6 is 0 Å². The summed E-state index contributed by atoms with van der Waals surface area (Å²) in [4.78, 5) is 24.9. The molecule has 1 heterocycles. The topological polar surface area (TPSA) is 64.2 Å². The van der Waals surface area contributed by atoms with Crippen LogP contribution in [0.15, 0.2) is 83.7 Å². The molecule has 37 heavy (non-hydrogen) atoms. The predicted octanol–water partition coefficient (Wildman–Crippen LogP) is 6.28. The van der Waals surface area contributed by atoms with E-state index in [0.29, 0.717) is 29.5 Å². The molecular weight excluding hydrogens is 481 g/mol. The number of nitrogens with zero attached hydrogens (tertiary/aromatic N) is 2. The van der Waals surface area contributed by atoms with Crippen molar-refractivity contribution in [3.05, 3.63) is 117 Å². The van der Waals surface area contributed by atoms with Crippen molar-refractivity contribution in [2.45, 2.75) is 45.5 Å². The zero-order valence-electron chi connectivity index (χ0n) is 20.3. The minimum Gasteiger partial charge on any atom is -0.478 e. The highest BCUT2D eigenvalue weighted by Gasteiger charge is 2.40. The van der Waals surface area contributed by atoms with Gasteiger partial charge in [0.2, 0.25) is 0 Å². The van der Waals surface area contributed by atoms with E-state index in [-0.39, 0.29) is 30.8 Å². The van der Waals surface area contributed by atoms with Crippen molar-refractivity contribution in [3.63, 3.8) is 0 Å². The summed E-state index contributed by atoms with van der Waals surface area (Å²) in [5.41, 5.74) is 1.26. The van der Waals surface area contributed by atoms with Crippen molar-refractivity contribution < 1.29 is 23.1 Å². The van der Waals surface area contributed by atoms with Crippen molar-refractivity contribution >= 4 is 5.97 Å². The van der Waals surface area contributed by atoms with Crippen LogP contribution in [-0.2, 0) is 32.1 Å². The highest BCUT2D eigenvalue weighted by Crippen LogP contribution is 2.33. The number of hydrogen-bond acceptors (Lipinski definition) is 2. The zero-order chi connectivity index (χ0) is 26.6. The van der Waals surface area contributed by atoms with Gasteiger partial charge < -0.3 is 5.11 Å². The number of aromatic carboxylic acids is 1. The number of benzene rings is 3. The van der Waals surface area contributed by atoms with Gasteiger partial charge in [-0.2, -0.15) is 13.2 Å². The molecule has 0 aliphatic carbocycles. The van der Waals surface area contributed by atoms with Crippen LogP contribution in [0.2, 0.25) is 0 Å². The lowest BCUT2D eigenvalue weighted by Gasteiger charge is -2.13. The second kappa shape index (κ2) is 10.9. The first-order valence-electron chi connectivity index (χ1n) is 12.1. The number of halogens is 3. The number of hydrogen-bond donors (Lipinski definition) is 1. The molecule has 0 radical (unpaired) electrons. The van der Waals surface area contributed by atoms with Gasteiger partial charge in [-0.25, -0.2) is 9.59 Å².